The van der Waals surface area contributed by atoms with E-state index < -0.39 is 0 Å². The maximum atomic E-state index is 11.7. The van der Waals surface area contributed by atoms with Crippen molar-refractivity contribution in [2.24, 2.45) is 0 Å². The van der Waals surface area contributed by atoms with Crippen LogP contribution in [0.15, 0.2) is 24.3 Å². The van der Waals surface area contributed by atoms with Crippen LogP contribution in [0.5, 0.6) is 0 Å². The summed E-state index contributed by atoms with van der Waals surface area (Å²) in [6.45, 7) is 3.80. The van der Waals surface area contributed by atoms with Crippen molar-refractivity contribution in [3.05, 3.63) is 35.4 Å². The Bertz CT molecular complexity index is 389. The van der Waals surface area contributed by atoms with Crippen molar-refractivity contribution in [2.45, 2.75) is 32.2 Å². The third-order valence-electron chi connectivity index (χ3n) is 3.33. The number of benzene rings is 1. The summed E-state index contributed by atoms with van der Waals surface area (Å²) in [5.74, 6) is 0.149. The van der Waals surface area contributed by atoms with Gasteiger partial charge < -0.3 is 10.6 Å². The van der Waals surface area contributed by atoms with Gasteiger partial charge in [0.15, 0.2) is 0 Å². The molecule has 4 heteroatoms. The lowest BCUT2D eigenvalue weighted by Gasteiger charge is -2.11. The highest BCUT2D eigenvalue weighted by Crippen LogP contribution is 2.07. The lowest BCUT2D eigenvalue weighted by Crippen LogP contribution is -2.41. The van der Waals surface area contributed by atoms with Gasteiger partial charge in [-0.25, -0.2) is 0 Å². The fourth-order valence-corrected chi connectivity index (χ4v) is 2.24. The first kappa shape index (κ1) is 15.0. The Morgan fingerprint density at radius 1 is 1.44 bits per heavy atom. The predicted molar refractivity (Wildman–Crippen MR) is 76.2 cm³/mol. The zero-order valence-electron chi connectivity index (χ0n) is 10.7. The second-order valence-corrected chi connectivity index (χ2v) is 4.62. The second kappa shape index (κ2) is 7.39. The van der Waals surface area contributed by atoms with Crippen molar-refractivity contribution in [3.8, 4) is 0 Å². The molecule has 0 aromatic heterocycles. The molecule has 2 rings (SSSR count). The molecule has 100 valence electrons. The smallest absolute Gasteiger partial charge is 0.237 e. The summed E-state index contributed by atoms with van der Waals surface area (Å²) < 4.78 is 0. The van der Waals surface area contributed by atoms with E-state index in [1.165, 1.54) is 11.1 Å². The van der Waals surface area contributed by atoms with Crippen LogP contribution in [0.25, 0.3) is 0 Å². The highest BCUT2D eigenvalue weighted by Gasteiger charge is 2.21. The molecule has 1 atom stereocenters. The summed E-state index contributed by atoms with van der Waals surface area (Å²) in [6, 6.07) is 8.35. The van der Waals surface area contributed by atoms with Crippen LogP contribution in [0.2, 0.25) is 0 Å². The Kier molecular flexibility index (Phi) is 6.16. The number of hydrogen-bond donors (Lipinski definition) is 2. The van der Waals surface area contributed by atoms with Crippen molar-refractivity contribution in [3.63, 3.8) is 0 Å². The molecule has 18 heavy (non-hydrogen) atoms. The van der Waals surface area contributed by atoms with E-state index in [1.54, 1.807) is 0 Å². The fourth-order valence-electron chi connectivity index (χ4n) is 2.24. The van der Waals surface area contributed by atoms with Gasteiger partial charge in [-0.05, 0) is 43.9 Å². The summed E-state index contributed by atoms with van der Waals surface area (Å²) in [6.07, 6.45) is 2.98. The molecular formula is C14H21ClN2O. The van der Waals surface area contributed by atoms with E-state index in [2.05, 4.69) is 29.7 Å². The molecule has 1 amide bonds. The number of carbonyl (C=O) groups is 1. The summed E-state index contributed by atoms with van der Waals surface area (Å²) in [4.78, 5) is 11.7. The van der Waals surface area contributed by atoms with Crippen molar-refractivity contribution in [1.82, 2.24) is 10.6 Å². The van der Waals surface area contributed by atoms with Crippen molar-refractivity contribution < 1.29 is 4.79 Å². The normalized spacial score (nSPS) is 18.2. The third kappa shape index (κ3) is 4.00. The quantitative estimate of drug-likeness (QED) is 0.875. The van der Waals surface area contributed by atoms with E-state index in [-0.39, 0.29) is 24.4 Å². The molecule has 1 aromatic carbocycles. The largest absolute Gasteiger partial charge is 0.354 e. The average Bonchev–Trinajstić information content (AvgIpc) is 2.85. The molecule has 0 spiro atoms. The van der Waals surface area contributed by atoms with Crippen LogP contribution in [0, 0.1) is 6.92 Å². The molecule has 0 saturated carbocycles. The second-order valence-electron chi connectivity index (χ2n) is 4.62. The summed E-state index contributed by atoms with van der Waals surface area (Å²) in [5, 5.41) is 6.20. The maximum absolute atomic E-state index is 11.7. The zero-order chi connectivity index (χ0) is 12.1. The molecule has 1 heterocycles. The van der Waals surface area contributed by atoms with Crippen LogP contribution in [-0.4, -0.2) is 25.0 Å². The molecule has 0 bridgehead atoms. The number of halogens is 1. The van der Waals surface area contributed by atoms with E-state index in [4.69, 9.17) is 0 Å². The molecule has 3 nitrogen and oxygen atoms in total. The Labute approximate surface area is 115 Å². The first-order valence-corrected chi connectivity index (χ1v) is 6.33. The van der Waals surface area contributed by atoms with E-state index in [0.717, 1.165) is 32.4 Å². The average molecular weight is 269 g/mol. The van der Waals surface area contributed by atoms with Gasteiger partial charge >= 0.3 is 0 Å². The van der Waals surface area contributed by atoms with E-state index in [9.17, 15) is 4.79 Å². The van der Waals surface area contributed by atoms with Gasteiger partial charge in [0.1, 0.15) is 0 Å². The summed E-state index contributed by atoms with van der Waals surface area (Å²) >= 11 is 0. The Morgan fingerprint density at radius 3 is 2.89 bits per heavy atom. The summed E-state index contributed by atoms with van der Waals surface area (Å²) in [7, 11) is 0. The SMILES string of the molecule is Cc1ccccc1CCNC(=O)[C@@H]1CCCN1.Cl. The Balaban J connectivity index is 0.00000162. The molecule has 1 aliphatic heterocycles. The molecule has 1 aliphatic rings. The van der Waals surface area contributed by atoms with Gasteiger partial charge in [-0.1, -0.05) is 24.3 Å². The minimum atomic E-state index is 0. The standard InChI is InChI=1S/C14H20N2O.ClH/c1-11-5-2-3-6-12(11)8-10-16-14(17)13-7-4-9-15-13;/h2-3,5-6,13,15H,4,7-10H2,1H3,(H,16,17);1H/t13-;/m0./s1. The molecule has 0 unspecified atom stereocenters. The van der Waals surface area contributed by atoms with Gasteiger partial charge in [0.05, 0.1) is 6.04 Å². The zero-order valence-corrected chi connectivity index (χ0v) is 11.6. The van der Waals surface area contributed by atoms with Gasteiger partial charge in [0, 0.05) is 6.54 Å². The minimum Gasteiger partial charge on any atom is -0.354 e. The van der Waals surface area contributed by atoms with E-state index >= 15 is 0 Å². The fraction of sp³-hybridized carbons (Fsp3) is 0.500. The number of nitrogens with one attached hydrogen (secondary N) is 2. The predicted octanol–water partition coefficient (Wildman–Crippen LogP) is 1.83. The number of rotatable bonds is 4. The monoisotopic (exact) mass is 268 g/mol. The van der Waals surface area contributed by atoms with E-state index in [0.29, 0.717) is 0 Å². The van der Waals surface area contributed by atoms with Crippen LogP contribution in [0.1, 0.15) is 24.0 Å². The van der Waals surface area contributed by atoms with Crippen molar-refractivity contribution in [1.29, 1.82) is 0 Å². The minimum absolute atomic E-state index is 0. The maximum Gasteiger partial charge on any atom is 0.237 e. The van der Waals surface area contributed by atoms with Gasteiger partial charge in [-0.15, -0.1) is 12.4 Å². The number of amides is 1. The first-order chi connectivity index (χ1) is 8.27. The number of hydrogen-bond acceptors (Lipinski definition) is 2. The lowest BCUT2D eigenvalue weighted by molar-refractivity contribution is -0.122. The highest BCUT2D eigenvalue weighted by atomic mass is 35.5. The van der Waals surface area contributed by atoms with E-state index in [1.807, 2.05) is 12.1 Å². The molecule has 0 aliphatic carbocycles. The van der Waals surface area contributed by atoms with Crippen molar-refractivity contribution in [2.75, 3.05) is 13.1 Å². The molecule has 1 aromatic rings. The molecule has 1 fully saturated rings. The number of carbonyl (C=O) groups excluding carboxylic acids is 1. The van der Waals surface area contributed by atoms with Gasteiger partial charge in [-0.3, -0.25) is 4.79 Å². The van der Waals surface area contributed by atoms with Gasteiger partial charge in [-0.2, -0.15) is 0 Å². The first-order valence-electron chi connectivity index (χ1n) is 6.33. The lowest BCUT2D eigenvalue weighted by atomic mass is 10.1. The van der Waals surface area contributed by atoms with Crippen LogP contribution < -0.4 is 10.6 Å². The third-order valence-corrected chi connectivity index (χ3v) is 3.33. The highest BCUT2D eigenvalue weighted by molar-refractivity contribution is 5.85. The van der Waals surface area contributed by atoms with Crippen LogP contribution in [0.3, 0.4) is 0 Å². The Hall–Kier alpha value is -1.06. The number of aryl methyl sites for hydroxylation is 1. The topological polar surface area (TPSA) is 41.1 Å². The molecule has 2 N–H and O–H groups in total. The van der Waals surface area contributed by atoms with Crippen LogP contribution in [0.4, 0.5) is 0 Å². The van der Waals surface area contributed by atoms with Crippen LogP contribution >= 0.6 is 12.4 Å². The molecule has 0 radical (unpaired) electrons. The van der Waals surface area contributed by atoms with Crippen LogP contribution in [-0.2, 0) is 11.2 Å². The summed E-state index contributed by atoms with van der Waals surface area (Å²) in [5.41, 5.74) is 2.60. The molecule has 1 saturated heterocycles. The van der Waals surface area contributed by atoms with Gasteiger partial charge in [0.25, 0.3) is 0 Å². The van der Waals surface area contributed by atoms with Gasteiger partial charge in [0.2, 0.25) is 5.91 Å². The molecular weight excluding hydrogens is 248 g/mol. The van der Waals surface area contributed by atoms with Crippen molar-refractivity contribution >= 4 is 18.3 Å². The Morgan fingerprint density at radius 2 is 2.22 bits per heavy atom.